The fourth-order valence-electron chi connectivity index (χ4n) is 1.25. The zero-order valence-corrected chi connectivity index (χ0v) is 10.3. The molecule has 2 N–H and O–H groups in total. The maximum atomic E-state index is 5.49. The van der Waals surface area contributed by atoms with Crippen molar-refractivity contribution in [3.63, 3.8) is 0 Å². The first-order valence-corrected chi connectivity index (χ1v) is 6.13. The van der Waals surface area contributed by atoms with Gasteiger partial charge in [-0.25, -0.2) is 0 Å². The monoisotopic (exact) mass is 217 g/mol. The van der Waals surface area contributed by atoms with Crippen LogP contribution in [0, 0.1) is 5.92 Å². The van der Waals surface area contributed by atoms with Crippen LogP contribution in [0.2, 0.25) is 0 Å². The Labute approximate surface area is 94.3 Å². The van der Waals surface area contributed by atoms with E-state index < -0.39 is 0 Å². The molecular weight excluding hydrogens is 190 g/mol. The lowest BCUT2D eigenvalue weighted by molar-refractivity contribution is 0.0800. The van der Waals surface area contributed by atoms with Crippen molar-refractivity contribution in [1.82, 2.24) is 0 Å². The molecule has 92 valence electrons. The van der Waals surface area contributed by atoms with Crippen molar-refractivity contribution in [3.8, 4) is 0 Å². The quantitative estimate of drug-likeness (QED) is 0.540. The summed E-state index contributed by atoms with van der Waals surface area (Å²) in [5.74, 6) is 0.785. The van der Waals surface area contributed by atoms with Crippen molar-refractivity contribution >= 4 is 0 Å². The van der Waals surface area contributed by atoms with Gasteiger partial charge in [-0.15, -0.1) is 0 Å². The molecule has 3 nitrogen and oxygen atoms in total. The molecule has 0 aromatic rings. The third-order valence-electron chi connectivity index (χ3n) is 2.14. The fourth-order valence-corrected chi connectivity index (χ4v) is 1.25. The summed E-state index contributed by atoms with van der Waals surface area (Å²) in [5.41, 5.74) is 5.34. The molecule has 0 fully saturated rings. The summed E-state index contributed by atoms with van der Waals surface area (Å²) in [4.78, 5) is 0. The fraction of sp³-hybridized carbons (Fsp3) is 1.00. The number of rotatable bonds is 11. The highest BCUT2D eigenvalue weighted by Gasteiger charge is 1.94. The molecule has 0 amide bonds. The Morgan fingerprint density at radius 3 is 1.93 bits per heavy atom. The van der Waals surface area contributed by atoms with Crippen LogP contribution in [0.3, 0.4) is 0 Å². The Balaban J connectivity index is 2.87. The van der Waals surface area contributed by atoms with Crippen LogP contribution < -0.4 is 5.73 Å². The van der Waals surface area contributed by atoms with Crippen LogP contribution in [-0.4, -0.2) is 33.0 Å². The molecular formula is C12H27NO2. The summed E-state index contributed by atoms with van der Waals surface area (Å²) in [7, 11) is 0. The van der Waals surface area contributed by atoms with Gasteiger partial charge in [0.15, 0.2) is 0 Å². The van der Waals surface area contributed by atoms with Gasteiger partial charge in [-0.2, -0.15) is 0 Å². The van der Waals surface area contributed by atoms with Gasteiger partial charge in [-0.1, -0.05) is 13.8 Å². The molecule has 0 rings (SSSR count). The molecule has 0 bridgehead atoms. The molecule has 0 unspecified atom stereocenters. The average Bonchev–Trinajstić information content (AvgIpc) is 2.20. The Bertz CT molecular complexity index is 118. The largest absolute Gasteiger partial charge is 0.381 e. The van der Waals surface area contributed by atoms with Crippen LogP contribution in [0.1, 0.15) is 39.5 Å². The van der Waals surface area contributed by atoms with E-state index in [1.807, 2.05) is 0 Å². The van der Waals surface area contributed by atoms with Gasteiger partial charge in [0, 0.05) is 26.4 Å². The van der Waals surface area contributed by atoms with E-state index in [0.717, 1.165) is 45.2 Å². The average molecular weight is 217 g/mol. The summed E-state index contributed by atoms with van der Waals surface area (Å²) in [5, 5.41) is 0. The van der Waals surface area contributed by atoms with Gasteiger partial charge in [0.05, 0.1) is 0 Å². The smallest absolute Gasteiger partial charge is 0.0487 e. The SMILES string of the molecule is CC(C)CCCOCCCOCCCN. The van der Waals surface area contributed by atoms with Gasteiger partial charge in [-0.3, -0.25) is 0 Å². The van der Waals surface area contributed by atoms with Crippen molar-refractivity contribution in [1.29, 1.82) is 0 Å². The summed E-state index contributed by atoms with van der Waals surface area (Å²) >= 11 is 0. The van der Waals surface area contributed by atoms with E-state index >= 15 is 0 Å². The van der Waals surface area contributed by atoms with Gasteiger partial charge in [0.1, 0.15) is 0 Å². The van der Waals surface area contributed by atoms with E-state index in [-0.39, 0.29) is 0 Å². The molecule has 0 aliphatic carbocycles. The summed E-state index contributed by atoms with van der Waals surface area (Å²) in [6.07, 6.45) is 4.38. The molecule has 0 saturated heterocycles. The first kappa shape index (κ1) is 14.9. The van der Waals surface area contributed by atoms with Crippen LogP contribution in [-0.2, 0) is 9.47 Å². The highest BCUT2D eigenvalue weighted by atomic mass is 16.5. The number of nitrogens with two attached hydrogens (primary N) is 1. The maximum Gasteiger partial charge on any atom is 0.0487 e. The van der Waals surface area contributed by atoms with Crippen molar-refractivity contribution < 1.29 is 9.47 Å². The van der Waals surface area contributed by atoms with E-state index in [2.05, 4.69) is 13.8 Å². The molecule has 0 saturated carbocycles. The predicted molar refractivity (Wildman–Crippen MR) is 64.0 cm³/mol. The van der Waals surface area contributed by atoms with E-state index in [1.165, 1.54) is 12.8 Å². The zero-order chi connectivity index (χ0) is 11.4. The number of hydrogen-bond donors (Lipinski definition) is 1. The van der Waals surface area contributed by atoms with Gasteiger partial charge in [0.25, 0.3) is 0 Å². The summed E-state index contributed by atoms with van der Waals surface area (Å²) in [6, 6.07) is 0. The topological polar surface area (TPSA) is 44.5 Å². The van der Waals surface area contributed by atoms with Crippen LogP contribution in [0.25, 0.3) is 0 Å². The minimum Gasteiger partial charge on any atom is -0.381 e. The molecule has 0 aliphatic rings. The highest BCUT2D eigenvalue weighted by Crippen LogP contribution is 2.03. The van der Waals surface area contributed by atoms with Gasteiger partial charge < -0.3 is 15.2 Å². The van der Waals surface area contributed by atoms with Crippen molar-refractivity contribution in [2.75, 3.05) is 33.0 Å². The van der Waals surface area contributed by atoms with E-state index in [0.29, 0.717) is 6.54 Å². The highest BCUT2D eigenvalue weighted by molar-refractivity contribution is 4.45. The van der Waals surface area contributed by atoms with Gasteiger partial charge in [-0.05, 0) is 38.1 Å². The van der Waals surface area contributed by atoms with E-state index in [1.54, 1.807) is 0 Å². The van der Waals surface area contributed by atoms with Crippen LogP contribution in [0.5, 0.6) is 0 Å². The number of hydrogen-bond acceptors (Lipinski definition) is 3. The summed E-state index contributed by atoms with van der Waals surface area (Å²) in [6.45, 7) is 8.48. The second-order valence-corrected chi connectivity index (χ2v) is 4.26. The second-order valence-electron chi connectivity index (χ2n) is 4.26. The van der Waals surface area contributed by atoms with E-state index in [4.69, 9.17) is 15.2 Å². The Morgan fingerprint density at radius 2 is 1.40 bits per heavy atom. The Kier molecular flexibility index (Phi) is 11.9. The zero-order valence-electron chi connectivity index (χ0n) is 10.3. The summed E-state index contributed by atoms with van der Waals surface area (Å²) < 4.78 is 10.8. The third-order valence-corrected chi connectivity index (χ3v) is 2.14. The first-order chi connectivity index (χ1) is 7.27. The molecule has 0 radical (unpaired) electrons. The van der Waals surface area contributed by atoms with Crippen LogP contribution in [0.4, 0.5) is 0 Å². The van der Waals surface area contributed by atoms with E-state index in [9.17, 15) is 0 Å². The molecule has 3 heteroatoms. The lowest BCUT2D eigenvalue weighted by Crippen LogP contribution is -2.07. The first-order valence-electron chi connectivity index (χ1n) is 6.13. The molecule has 0 atom stereocenters. The standard InChI is InChI=1S/C12H27NO2/c1-12(2)6-3-8-14-10-5-11-15-9-4-7-13/h12H,3-11,13H2,1-2H3. The van der Waals surface area contributed by atoms with Crippen molar-refractivity contribution in [2.24, 2.45) is 11.7 Å². The Hall–Kier alpha value is -0.120. The molecule has 0 spiro atoms. The minimum atomic E-state index is 0.714. The van der Waals surface area contributed by atoms with Gasteiger partial charge >= 0.3 is 0 Å². The number of ether oxygens (including phenoxy) is 2. The van der Waals surface area contributed by atoms with Crippen molar-refractivity contribution in [2.45, 2.75) is 39.5 Å². The predicted octanol–water partition coefficient (Wildman–Crippen LogP) is 2.19. The lowest BCUT2D eigenvalue weighted by Gasteiger charge is -2.06. The third kappa shape index (κ3) is 13.9. The van der Waals surface area contributed by atoms with Gasteiger partial charge in [0.2, 0.25) is 0 Å². The molecule has 15 heavy (non-hydrogen) atoms. The molecule has 0 aliphatic heterocycles. The second kappa shape index (κ2) is 12.0. The maximum absolute atomic E-state index is 5.49. The molecule has 0 aromatic heterocycles. The lowest BCUT2D eigenvalue weighted by atomic mass is 10.1. The minimum absolute atomic E-state index is 0.714. The normalized spacial score (nSPS) is 11.2. The van der Waals surface area contributed by atoms with Crippen LogP contribution >= 0.6 is 0 Å². The Morgan fingerprint density at radius 1 is 0.867 bits per heavy atom. The molecule has 0 heterocycles. The van der Waals surface area contributed by atoms with Crippen molar-refractivity contribution in [3.05, 3.63) is 0 Å². The van der Waals surface area contributed by atoms with Crippen LogP contribution in [0.15, 0.2) is 0 Å². The molecule has 0 aromatic carbocycles.